The first-order valence-electron chi connectivity index (χ1n) is 4.06. The van der Waals surface area contributed by atoms with Gasteiger partial charge in [-0.05, 0) is 17.0 Å². The number of Topliss-reactive ketones (excluding diaryl/α,β-unsaturated/α-hetero) is 1. The number of nitrogens with one attached hydrogen (secondary N) is 1. The van der Waals surface area contributed by atoms with E-state index in [9.17, 15) is 9.59 Å². The van der Waals surface area contributed by atoms with Crippen molar-refractivity contribution in [3.63, 3.8) is 0 Å². The maximum Gasteiger partial charge on any atom is 0.217 e. The first-order chi connectivity index (χ1) is 6.18. The Morgan fingerprint density at radius 3 is 3.15 bits per heavy atom. The Morgan fingerprint density at radius 1 is 1.69 bits per heavy atom. The van der Waals surface area contributed by atoms with E-state index >= 15 is 0 Å². The molecule has 1 aromatic rings. The number of carbonyl (C=O) groups excluding carboxylic acids is 2. The summed E-state index contributed by atoms with van der Waals surface area (Å²) in [4.78, 5) is 23.0. The topological polar surface area (TPSA) is 46.2 Å². The van der Waals surface area contributed by atoms with Crippen molar-refractivity contribution in [2.24, 2.45) is 0 Å². The van der Waals surface area contributed by atoms with Crippen molar-refractivity contribution in [1.82, 2.24) is 5.32 Å². The molecule has 1 aliphatic rings. The summed E-state index contributed by atoms with van der Waals surface area (Å²) in [6.45, 7) is 1.47. The van der Waals surface area contributed by atoms with E-state index in [4.69, 9.17) is 0 Å². The van der Waals surface area contributed by atoms with Crippen LogP contribution in [-0.4, -0.2) is 11.7 Å². The molecule has 0 bridgehead atoms. The molecular weight excluding hydrogens is 186 g/mol. The Hall–Kier alpha value is -1.16. The molecule has 0 aliphatic heterocycles. The van der Waals surface area contributed by atoms with E-state index in [1.807, 2.05) is 11.4 Å². The lowest BCUT2D eigenvalue weighted by atomic mass is 10.2. The largest absolute Gasteiger partial charge is 0.349 e. The molecule has 2 rings (SSSR count). The number of hydrogen-bond acceptors (Lipinski definition) is 3. The molecule has 0 aromatic carbocycles. The van der Waals surface area contributed by atoms with Crippen LogP contribution in [0.3, 0.4) is 0 Å². The average molecular weight is 195 g/mol. The van der Waals surface area contributed by atoms with Crippen molar-refractivity contribution < 1.29 is 9.59 Å². The predicted molar refractivity (Wildman–Crippen MR) is 49.8 cm³/mol. The van der Waals surface area contributed by atoms with Crippen molar-refractivity contribution in [3.05, 3.63) is 21.9 Å². The Labute approximate surface area is 79.8 Å². The highest BCUT2D eigenvalue weighted by molar-refractivity contribution is 7.12. The number of rotatable bonds is 1. The lowest BCUT2D eigenvalue weighted by molar-refractivity contribution is -0.119. The maximum absolute atomic E-state index is 11.4. The minimum absolute atomic E-state index is 0.0862. The fraction of sp³-hybridized carbons (Fsp3) is 0.333. The summed E-state index contributed by atoms with van der Waals surface area (Å²) >= 11 is 1.45. The van der Waals surface area contributed by atoms with E-state index in [1.165, 1.54) is 18.3 Å². The zero-order valence-electron chi connectivity index (χ0n) is 7.16. The molecule has 1 aliphatic carbocycles. The van der Waals surface area contributed by atoms with Crippen LogP contribution in [0, 0.1) is 0 Å². The van der Waals surface area contributed by atoms with Gasteiger partial charge in [0.25, 0.3) is 0 Å². The minimum Gasteiger partial charge on any atom is -0.349 e. The highest BCUT2D eigenvalue weighted by atomic mass is 32.1. The van der Waals surface area contributed by atoms with Crippen LogP contribution >= 0.6 is 11.3 Å². The van der Waals surface area contributed by atoms with Gasteiger partial charge >= 0.3 is 0 Å². The molecule has 1 aromatic heterocycles. The number of fused-ring (bicyclic) bond motifs is 1. The van der Waals surface area contributed by atoms with Gasteiger partial charge in [0.15, 0.2) is 5.78 Å². The molecule has 0 radical (unpaired) electrons. The normalized spacial score (nSPS) is 20.1. The predicted octanol–water partition coefficient (Wildman–Crippen LogP) is 1.51. The van der Waals surface area contributed by atoms with E-state index in [-0.39, 0.29) is 17.7 Å². The van der Waals surface area contributed by atoms with Gasteiger partial charge < -0.3 is 5.32 Å². The molecule has 1 atom stereocenters. The third-order valence-electron chi connectivity index (χ3n) is 2.09. The molecule has 0 saturated heterocycles. The van der Waals surface area contributed by atoms with E-state index in [2.05, 4.69) is 5.32 Å². The van der Waals surface area contributed by atoms with Crippen LogP contribution in [0.25, 0.3) is 0 Å². The van der Waals surface area contributed by atoms with Crippen molar-refractivity contribution in [2.75, 3.05) is 0 Å². The van der Waals surface area contributed by atoms with Gasteiger partial charge in [0.05, 0.1) is 10.9 Å². The molecular formula is C9H9NO2S. The van der Waals surface area contributed by atoms with Gasteiger partial charge in [-0.25, -0.2) is 0 Å². The van der Waals surface area contributed by atoms with Gasteiger partial charge in [-0.15, -0.1) is 11.3 Å². The highest BCUT2D eigenvalue weighted by Gasteiger charge is 2.30. The summed E-state index contributed by atoms with van der Waals surface area (Å²) in [7, 11) is 0. The van der Waals surface area contributed by atoms with E-state index < -0.39 is 0 Å². The lowest BCUT2D eigenvalue weighted by Crippen LogP contribution is -2.24. The maximum atomic E-state index is 11.4. The fourth-order valence-corrected chi connectivity index (χ4v) is 2.49. The first-order valence-corrected chi connectivity index (χ1v) is 4.94. The third kappa shape index (κ3) is 1.37. The number of amides is 1. The van der Waals surface area contributed by atoms with Crippen molar-refractivity contribution in [1.29, 1.82) is 0 Å². The fourth-order valence-electron chi connectivity index (χ4n) is 1.58. The Balaban J connectivity index is 2.28. The summed E-state index contributed by atoms with van der Waals surface area (Å²) < 4.78 is 0. The summed E-state index contributed by atoms with van der Waals surface area (Å²) in [5.41, 5.74) is 0.977. The van der Waals surface area contributed by atoms with Crippen LogP contribution in [0.4, 0.5) is 0 Å². The van der Waals surface area contributed by atoms with Crippen molar-refractivity contribution >= 4 is 23.0 Å². The summed E-state index contributed by atoms with van der Waals surface area (Å²) in [6, 6.07) is 1.82. The third-order valence-corrected chi connectivity index (χ3v) is 3.06. The minimum atomic E-state index is -0.0914. The van der Waals surface area contributed by atoms with E-state index in [0.29, 0.717) is 6.42 Å². The molecule has 1 unspecified atom stereocenters. The zero-order chi connectivity index (χ0) is 9.42. The monoisotopic (exact) mass is 195 g/mol. The second-order valence-corrected chi connectivity index (χ2v) is 4.00. The molecule has 0 spiro atoms. The Kier molecular flexibility index (Phi) is 1.92. The molecule has 0 saturated carbocycles. The number of hydrogen-bond donors (Lipinski definition) is 1. The van der Waals surface area contributed by atoms with Gasteiger partial charge in [-0.3, -0.25) is 9.59 Å². The van der Waals surface area contributed by atoms with Crippen LogP contribution < -0.4 is 5.32 Å². The molecule has 1 heterocycles. The van der Waals surface area contributed by atoms with Crippen LogP contribution in [0.5, 0.6) is 0 Å². The van der Waals surface area contributed by atoms with Crippen LogP contribution in [0.2, 0.25) is 0 Å². The van der Waals surface area contributed by atoms with Gasteiger partial charge in [-0.2, -0.15) is 0 Å². The van der Waals surface area contributed by atoms with Gasteiger partial charge in [0.2, 0.25) is 5.91 Å². The van der Waals surface area contributed by atoms with Gasteiger partial charge in [0.1, 0.15) is 0 Å². The summed E-state index contributed by atoms with van der Waals surface area (Å²) in [6.07, 6.45) is 0.418. The molecule has 1 amide bonds. The van der Waals surface area contributed by atoms with Gasteiger partial charge in [-0.1, -0.05) is 0 Å². The molecule has 1 N–H and O–H groups in total. The smallest absolute Gasteiger partial charge is 0.217 e. The molecule has 68 valence electrons. The number of ketones is 1. The number of thiophene rings is 1. The summed E-state index contributed by atoms with van der Waals surface area (Å²) in [5, 5.41) is 4.65. The standard InChI is InChI=1S/C9H9NO2S/c1-5(11)10-7-4-8(12)9-6(7)2-3-13-9/h2-3,7H,4H2,1H3,(H,10,11). The lowest BCUT2D eigenvalue weighted by Gasteiger charge is -2.09. The summed E-state index contributed by atoms with van der Waals surface area (Å²) in [5.74, 6) is 0.0561. The Bertz CT molecular complexity index is 369. The quantitative estimate of drug-likeness (QED) is 0.738. The average Bonchev–Trinajstić information content (AvgIpc) is 2.56. The van der Waals surface area contributed by atoms with Crippen molar-refractivity contribution in [2.45, 2.75) is 19.4 Å². The SMILES string of the molecule is CC(=O)NC1CC(=O)c2sccc21. The van der Waals surface area contributed by atoms with Gasteiger partial charge in [0, 0.05) is 13.3 Å². The zero-order valence-corrected chi connectivity index (χ0v) is 7.98. The van der Waals surface area contributed by atoms with Crippen molar-refractivity contribution in [3.8, 4) is 0 Å². The van der Waals surface area contributed by atoms with Crippen LogP contribution in [-0.2, 0) is 4.79 Å². The van der Waals surface area contributed by atoms with Crippen LogP contribution in [0.1, 0.15) is 34.6 Å². The number of carbonyl (C=O) groups is 2. The van der Waals surface area contributed by atoms with E-state index in [1.54, 1.807) is 0 Å². The van der Waals surface area contributed by atoms with E-state index in [0.717, 1.165) is 10.4 Å². The molecule has 13 heavy (non-hydrogen) atoms. The van der Waals surface area contributed by atoms with Crippen LogP contribution in [0.15, 0.2) is 11.4 Å². The second kappa shape index (κ2) is 2.96. The molecule has 4 heteroatoms. The molecule has 3 nitrogen and oxygen atoms in total. The first kappa shape index (κ1) is 8.44. The second-order valence-electron chi connectivity index (χ2n) is 3.09. The Morgan fingerprint density at radius 2 is 2.46 bits per heavy atom. The highest BCUT2D eigenvalue weighted by Crippen LogP contribution is 2.34. The molecule has 0 fully saturated rings.